The molecule has 13 heavy (non-hydrogen) atoms. The van der Waals surface area contributed by atoms with E-state index in [9.17, 15) is 8.78 Å². The molecule has 1 heterocycles. The van der Waals surface area contributed by atoms with Crippen LogP contribution >= 0.6 is 11.3 Å². The summed E-state index contributed by atoms with van der Waals surface area (Å²) in [6.07, 6.45) is 1.50. The molecule has 0 bridgehead atoms. The predicted molar refractivity (Wildman–Crippen MR) is 46.3 cm³/mol. The second kappa shape index (κ2) is 3.22. The molecule has 2 aromatic rings. The maximum atomic E-state index is 12.8. The molecule has 65 valence electrons. The number of hydrogen-bond acceptors (Lipinski definition) is 2. The van der Waals surface area contributed by atoms with E-state index in [1.807, 2.05) is 0 Å². The van der Waals surface area contributed by atoms with Gasteiger partial charge in [-0.2, -0.15) is 0 Å². The van der Waals surface area contributed by atoms with Crippen LogP contribution in [0.25, 0.3) is 10.6 Å². The van der Waals surface area contributed by atoms with Gasteiger partial charge in [-0.15, -0.1) is 11.3 Å². The van der Waals surface area contributed by atoms with Gasteiger partial charge in [0.05, 0.1) is 5.38 Å². The van der Waals surface area contributed by atoms with Crippen molar-refractivity contribution in [3.63, 3.8) is 0 Å². The van der Waals surface area contributed by atoms with Crippen molar-refractivity contribution in [2.75, 3.05) is 0 Å². The third kappa shape index (κ3) is 1.58. The molecule has 0 unspecified atom stereocenters. The van der Waals surface area contributed by atoms with Crippen molar-refractivity contribution >= 4 is 11.3 Å². The predicted octanol–water partition coefficient (Wildman–Crippen LogP) is 2.89. The number of nitrogens with zero attached hydrogens (tertiary/aromatic N) is 1. The van der Waals surface area contributed by atoms with Crippen LogP contribution in [-0.2, 0) is 0 Å². The van der Waals surface area contributed by atoms with Crippen LogP contribution in [0.15, 0.2) is 24.4 Å². The van der Waals surface area contributed by atoms with Gasteiger partial charge >= 0.3 is 0 Å². The van der Waals surface area contributed by atoms with Crippen LogP contribution in [0.1, 0.15) is 0 Å². The Hall–Kier alpha value is -1.29. The third-order valence-corrected chi connectivity index (χ3v) is 2.31. The molecule has 1 radical (unpaired) electrons. The standard InChI is InChI=1S/C9H4F2NS/c10-7-2-1-6(5-8(7)11)9-12-3-4-13-9/h1-3,5H. The molecule has 1 nitrogen and oxygen atoms in total. The number of aromatic nitrogens is 1. The van der Waals surface area contributed by atoms with Gasteiger partial charge in [-0.25, -0.2) is 13.8 Å². The SMILES string of the molecule is Fc1ccc(-c2nc[c]s2)cc1F. The molecule has 1 aromatic carbocycles. The summed E-state index contributed by atoms with van der Waals surface area (Å²) in [5, 5.41) is 3.41. The molecule has 1 aromatic heterocycles. The van der Waals surface area contributed by atoms with Gasteiger partial charge in [0.15, 0.2) is 11.6 Å². The van der Waals surface area contributed by atoms with Crippen molar-refractivity contribution in [1.82, 2.24) is 4.98 Å². The van der Waals surface area contributed by atoms with E-state index in [-0.39, 0.29) is 0 Å². The molecule has 0 saturated carbocycles. The Morgan fingerprint density at radius 3 is 2.69 bits per heavy atom. The summed E-state index contributed by atoms with van der Waals surface area (Å²) in [4.78, 5) is 3.93. The zero-order valence-electron chi connectivity index (χ0n) is 6.42. The molecule has 0 atom stereocenters. The molecule has 0 aliphatic heterocycles. The van der Waals surface area contributed by atoms with Gasteiger partial charge in [0.1, 0.15) is 5.01 Å². The first kappa shape index (κ1) is 8.31. The van der Waals surface area contributed by atoms with Crippen LogP contribution in [0.4, 0.5) is 8.78 Å². The summed E-state index contributed by atoms with van der Waals surface area (Å²) in [5.74, 6) is -1.70. The van der Waals surface area contributed by atoms with Gasteiger partial charge in [-0.05, 0) is 18.2 Å². The van der Waals surface area contributed by atoms with Crippen LogP contribution < -0.4 is 0 Å². The first-order valence-electron chi connectivity index (χ1n) is 3.54. The summed E-state index contributed by atoms with van der Waals surface area (Å²) >= 11 is 1.27. The van der Waals surface area contributed by atoms with E-state index in [0.717, 1.165) is 12.1 Å². The lowest BCUT2D eigenvalue weighted by molar-refractivity contribution is 0.509. The van der Waals surface area contributed by atoms with E-state index < -0.39 is 11.6 Å². The highest BCUT2D eigenvalue weighted by molar-refractivity contribution is 7.12. The van der Waals surface area contributed by atoms with Crippen LogP contribution in [-0.4, -0.2) is 4.98 Å². The number of benzene rings is 1. The smallest absolute Gasteiger partial charge is 0.159 e. The van der Waals surface area contributed by atoms with Crippen molar-refractivity contribution < 1.29 is 8.78 Å². The van der Waals surface area contributed by atoms with Gasteiger partial charge in [-0.3, -0.25) is 0 Å². The highest BCUT2D eigenvalue weighted by atomic mass is 32.1. The Bertz CT molecular complexity index is 412. The molecular formula is C9H4F2NS. The lowest BCUT2D eigenvalue weighted by Gasteiger charge is -1.96. The third-order valence-electron chi connectivity index (χ3n) is 1.56. The van der Waals surface area contributed by atoms with Crippen LogP contribution in [0.5, 0.6) is 0 Å². The molecular weight excluding hydrogens is 192 g/mol. The Morgan fingerprint density at radius 1 is 1.23 bits per heavy atom. The summed E-state index contributed by atoms with van der Waals surface area (Å²) in [7, 11) is 0. The normalized spacial score (nSPS) is 10.3. The van der Waals surface area contributed by atoms with Gasteiger partial charge in [0.2, 0.25) is 0 Å². The van der Waals surface area contributed by atoms with Gasteiger partial charge in [0.25, 0.3) is 0 Å². The van der Waals surface area contributed by atoms with Crippen molar-refractivity contribution in [3.8, 4) is 10.6 Å². The molecule has 0 aliphatic rings. The van der Waals surface area contributed by atoms with Crippen molar-refractivity contribution in [3.05, 3.63) is 41.4 Å². The van der Waals surface area contributed by atoms with E-state index in [0.29, 0.717) is 10.6 Å². The molecule has 0 N–H and O–H groups in total. The highest BCUT2D eigenvalue weighted by Crippen LogP contribution is 2.22. The second-order valence-corrected chi connectivity index (χ2v) is 3.24. The summed E-state index contributed by atoms with van der Waals surface area (Å²) in [6, 6.07) is 3.71. The Kier molecular flexibility index (Phi) is 2.06. The average molecular weight is 196 g/mol. The van der Waals surface area contributed by atoms with Crippen molar-refractivity contribution in [2.24, 2.45) is 0 Å². The van der Waals surface area contributed by atoms with Crippen LogP contribution in [0.2, 0.25) is 0 Å². The highest BCUT2D eigenvalue weighted by Gasteiger charge is 2.05. The summed E-state index contributed by atoms with van der Waals surface area (Å²) in [5.41, 5.74) is 0.574. The Morgan fingerprint density at radius 2 is 2.08 bits per heavy atom. The molecule has 0 aliphatic carbocycles. The second-order valence-electron chi connectivity index (χ2n) is 2.41. The fraction of sp³-hybridized carbons (Fsp3) is 0. The van der Waals surface area contributed by atoms with Gasteiger partial charge < -0.3 is 0 Å². The fourth-order valence-corrected chi connectivity index (χ4v) is 1.52. The lowest BCUT2D eigenvalue weighted by Crippen LogP contribution is -1.84. The largest absolute Gasteiger partial charge is 0.244 e. The van der Waals surface area contributed by atoms with E-state index in [4.69, 9.17) is 0 Å². The summed E-state index contributed by atoms with van der Waals surface area (Å²) in [6.45, 7) is 0. The maximum absolute atomic E-state index is 12.8. The number of halogens is 2. The Labute approximate surface area is 77.7 Å². The van der Waals surface area contributed by atoms with Crippen molar-refractivity contribution in [2.45, 2.75) is 0 Å². The minimum absolute atomic E-state index is 0.574. The minimum Gasteiger partial charge on any atom is -0.244 e. The first-order valence-corrected chi connectivity index (χ1v) is 4.36. The van der Waals surface area contributed by atoms with E-state index in [1.165, 1.54) is 23.6 Å². The monoisotopic (exact) mass is 196 g/mol. The van der Waals surface area contributed by atoms with Crippen molar-refractivity contribution in [1.29, 1.82) is 0 Å². The quantitative estimate of drug-likeness (QED) is 0.683. The van der Waals surface area contributed by atoms with Crippen LogP contribution in [0, 0.1) is 17.0 Å². The number of thiazole rings is 1. The number of rotatable bonds is 1. The van der Waals surface area contributed by atoms with E-state index in [1.54, 1.807) is 0 Å². The lowest BCUT2D eigenvalue weighted by atomic mass is 10.2. The molecule has 4 heteroatoms. The van der Waals surface area contributed by atoms with Gasteiger partial charge in [-0.1, -0.05) is 0 Å². The average Bonchev–Trinajstić information content (AvgIpc) is 2.62. The zero-order valence-corrected chi connectivity index (χ0v) is 7.24. The molecule has 0 spiro atoms. The van der Waals surface area contributed by atoms with E-state index in [2.05, 4.69) is 10.4 Å². The topological polar surface area (TPSA) is 12.9 Å². The Balaban J connectivity index is 2.49. The van der Waals surface area contributed by atoms with Crippen LogP contribution in [0.3, 0.4) is 0 Å². The van der Waals surface area contributed by atoms with Gasteiger partial charge in [0, 0.05) is 11.8 Å². The molecule has 0 saturated heterocycles. The molecule has 0 fully saturated rings. The summed E-state index contributed by atoms with van der Waals surface area (Å²) < 4.78 is 25.3. The maximum Gasteiger partial charge on any atom is 0.159 e. The first-order chi connectivity index (χ1) is 6.27. The van der Waals surface area contributed by atoms with E-state index >= 15 is 0 Å². The molecule has 0 amide bonds. The minimum atomic E-state index is -0.854. The fourth-order valence-electron chi connectivity index (χ4n) is 0.956. The molecule has 2 rings (SSSR count). The number of hydrogen-bond donors (Lipinski definition) is 0. The zero-order chi connectivity index (χ0) is 9.26.